The molecule has 0 aliphatic heterocycles. The third-order valence-electron chi connectivity index (χ3n) is 2.73. The zero-order valence-corrected chi connectivity index (χ0v) is 9.03. The topological polar surface area (TPSA) is 35.0 Å². The van der Waals surface area contributed by atoms with Gasteiger partial charge in [0.2, 0.25) is 0 Å². The monoisotopic (exact) mass is 219 g/mol. The molecular weight excluding hydrogens is 206 g/mol. The number of ether oxygens (including phenoxy) is 1. The quantitative estimate of drug-likeness (QED) is 0.725. The molecule has 1 aliphatic carbocycles. The second-order valence-corrected chi connectivity index (χ2v) is 3.93. The van der Waals surface area contributed by atoms with Crippen molar-refractivity contribution in [3.8, 4) is 6.01 Å². The predicted molar refractivity (Wildman–Crippen MR) is 60.4 cm³/mol. The number of nitrogens with zero attached hydrogens (tertiary/aromatic N) is 2. The van der Waals surface area contributed by atoms with Crippen LogP contribution in [0.2, 0.25) is 0 Å². The zero-order chi connectivity index (χ0) is 11.4. The number of hydrogen-bond acceptors (Lipinski definition) is 3. The molecule has 0 N–H and O–H groups in total. The van der Waals surface area contributed by atoms with Gasteiger partial charge in [-0.25, -0.2) is 0 Å². The van der Waals surface area contributed by atoms with Gasteiger partial charge in [0.25, 0.3) is 0 Å². The molecule has 3 nitrogen and oxygen atoms in total. The Morgan fingerprint density at radius 2 is 2.12 bits per heavy atom. The molecule has 0 saturated heterocycles. The molecule has 1 heterocycles. The number of aromatic nitrogens is 2. The Bertz CT molecular complexity index is 380. The van der Waals surface area contributed by atoms with Gasteiger partial charge in [-0.3, -0.25) is 0 Å². The second-order valence-electron chi connectivity index (χ2n) is 3.93. The Balaban J connectivity index is 2.05. The Labute approximate surface area is 95.1 Å². The van der Waals surface area contributed by atoms with E-state index >= 15 is 0 Å². The van der Waals surface area contributed by atoms with Crippen molar-refractivity contribution >= 4 is 13.5 Å². The number of halogens is 1. The third kappa shape index (κ3) is 2.65. The molecule has 0 aromatic carbocycles. The van der Waals surface area contributed by atoms with Crippen LogP contribution in [0.3, 0.4) is 0 Å². The Kier molecular flexibility index (Phi) is 3.64. The first-order valence-corrected chi connectivity index (χ1v) is 5.54. The molecule has 1 radical (unpaired) electrons. The summed E-state index contributed by atoms with van der Waals surface area (Å²) in [6.07, 6.45) is 6.87. The fraction of sp³-hybridized carbons (Fsp3) is 0.545. The van der Waals surface area contributed by atoms with Crippen LogP contribution in [-0.2, 0) is 0 Å². The molecule has 1 saturated carbocycles. The number of rotatable bonds is 3. The summed E-state index contributed by atoms with van der Waals surface area (Å²) in [5.74, 6) is 0.587. The van der Waals surface area contributed by atoms with E-state index < -0.39 is 5.82 Å². The van der Waals surface area contributed by atoms with Gasteiger partial charge >= 0.3 is 94.5 Å². The normalized spacial score (nSPS) is 17.0. The maximum atomic E-state index is 13.1. The van der Waals surface area contributed by atoms with E-state index in [4.69, 9.17) is 12.2 Å². The first-order valence-electron chi connectivity index (χ1n) is 5.54. The number of hydrogen-bond donors (Lipinski definition) is 0. The first kappa shape index (κ1) is 11.2. The average molecular weight is 219 g/mol. The third-order valence-corrected chi connectivity index (χ3v) is 2.73. The van der Waals surface area contributed by atoms with Gasteiger partial charge in [0.1, 0.15) is 0 Å². The molecular formula is C11H13BFN2O. The van der Waals surface area contributed by atoms with Gasteiger partial charge in [-0.05, 0) is 0 Å². The van der Waals surface area contributed by atoms with Crippen LogP contribution in [0.4, 0.5) is 4.39 Å². The van der Waals surface area contributed by atoms with Crippen LogP contribution in [0.1, 0.15) is 37.8 Å². The summed E-state index contributed by atoms with van der Waals surface area (Å²) in [6.45, 7) is 0. The minimum absolute atomic E-state index is 0.0841. The van der Waals surface area contributed by atoms with Crippen LogP contribution in [0.15, 0.2) is 6.20 Å². The summed E-state index contributed by atoms with van der Waals surface area (Å²) in [5.41, 5.74) is 0.0841. The molecule has 0 atom stereocenters. The van der Waals surface area contributed by atoms with Crippen LogP contribution in [0, 0.1) is 5.82 Å². The van der Waals surface area contributed by atoms with Crippen LogP contribution in [-0.4, -0.2) is 29.5 Å². The van der Waals surface area contributed by atoms with E-state index in [1.54, 1.807) is 0 Å². The molecule has 2 rings (SSSR count). The molecule has 5 heteroatoms. The molecule has 1 aliphatic rings. The van der Waals surface area contributed by atoms with Crippen LogP contribution in [0.5, 0.6) is 6.01 Å². The van der Waals surface area contributed by atoms with Crippen LogP contribution < -0.4 is 4.74 Å². The van der Waals surface area contributed by atoms with E-state index in [9.17, 15) is 4.39 Å². The molecule has 1 fully saturated rings. The van der Waals surface area contributed by atoms with Gasteiger partial charge in [-0.1, -0.05) is 0 Å². The summed E-state index contributed by atoms with van der Waals surface area (Å²) >= 11 is 0. The summed E-state index contributed by atoms with van der Waals surface area (Å²) in [4.78, 5) is 7.69. The summed E-state index contributed by atoms with van der Waals surface area (Å²) < 4.78 is 18.6. The van der Waals surface area contributed by atoms with Crippen molar-refractivity contribution in [1.82, 2.24) is 9.97 Å². The Hall–Kier alpha value is -1.26. The van der Waals surface area contributed by atoms with Crippen molar-refractivity contribution < 1.29 is 9.13 Å². The van der Waals surface area contributed by atoms with E-state index in [1.165, 1.54) is 19.3 Å². The molecule has 0 spiro atoms. The van der Waals surface area contributed by atoms with Crippen LogP contribution >= 0.6 is 0 Å². The van der Waals surface area contributed by atoms with Crippen LogP contribution in [0.25, 0.3) is 0 Å². The fourth-order valence-electron chi connectivity index (χ4n) is 1.87. The van der Waals surface area contributed by atoms with Crippen molar-refractivity contribution in [2.45, 2.75) is 38.2 Å². The Morgan fingerprint density at radius 3 is 2.81 bits per heavy atom. The van der Waals surface area contributed by atoms with Crippen molar-refractivity contribution in [3.63, 3.8) is 0 Å². The van der Waals surface area contributed by atoms with Gasteiger partial charge in [0.05, 0.1) is 0 Å². The minimum atomic E-state index is -0.529. The Morgan fingerprint density at radius 1 is 1.38 bits per heavy atom. The van der Waals surface area contributed by atoms with Gasteiger partial charge in [0.15, 0.2) is 0 Å². The molecule has 1 aromatic rings. The molecule has 1 aromatic heterocycles. The first-order chi connectivity index (χ1) is 7.79. The summed E-state index contributed by atoms with van der Waals surface area (Å²) in [5, 5.41) is 0. The van der Waals surface area contributed by atoms with Crippen molar-refractivity contribution in [2.24, 2.45) is 0 Å². The van der Waals surface area contributed by atoms with Crippen molar-refractivity contribution in [3.05, 3.63) is 17.7 Å². The zero-order valence-electron chi connectivity index (χ0n) is 9.03. The molecule has 0 unspecified atom stereocenters. The predicted octanol–water partition coefficient (Wildman–Crippen LogP) is 1.65. The average Bonchev–Trinajstić information content (AvgIpc) is 2.33. The van der Waals surface area contributed by atoms with E-state index in [1.807, 2.05) is 0 Å². The van der Waals surface area contributed by atoms with Crippen molar-refractivity contribution in [2.75, 3.05) is 0 Å². The summed E-state index contributed by atoms with van der Waals surface area (Å²) in [7, 11) is 5.24. The van der Waals surface area contributed by atoms with Gasteiger partial charge in [-0.15, -0.1) is 0 Å². The van der Waals surface area contributed by atoms with E-state index in [2.05, 4.69) is 9.97 Å². The maximum absolute atomic E-state index is 13.1. The fourth-order valence-corrected chi connectivity index (χ4v) is 1.87. The molecule has 16 heavy (non-hydrogen) atoms. The van der Waals surface area contributed by atoms with Gasteiger partial charge in [0, 0.05) is 0 Å². The van der Waals surface area contributed by atoms with Gasteiger partial charge < -0.3 is 0 Å². The molecule has 83 valence electrons. The SMILES string of the molecule is [B]=Cc1nc(OC2CCCCC2)ncc1F. The van der Waals surface area contributed by atoms with E-state index in [0.717, 1.165) is 25.0 Å². The van der Waals surface area contributed by atoms with E-state index in [0.29, 0.717) is 0 Å². The van der Waals surface area contributed by atoms with Crippen molar-refractivity contribution in [1.29, 1.82) is 0 Å². The summed E-state index contributed by atoms with van der Waals surface area (Å²) in [6, 6.07) is 0.213. The van der Waals surface area contributed by atoms with Gasteiger partial charge in [-0.2, -0.15) is 0 Å². The second kappa shape index (κ2) is 5.19. The molecule has 0 amide bonds. The standard InChI is InChI=1S/C11H13BFN2O/c12-6-10-9(13)7-14-11(15-10)16-8-4-2-1-3-5-8/h6-8H,1-5H2. The van der Waals surface area contributed by atoms with E-state index in [-0.39, 0.29) is 17.8 Å². The molecule has 0 bridgehead atoms.